The second-order valence-corrected chi connectivity index (χ2v) is 12.3. The zero-order valence-electron chi connectivity index (χ0n) is 20.6. The lowest BCUT2D eigenvalue weighted by Gasteiger charge is -2.31. The summed E-state index contributed by atoms with van der Waals surface area (Å²) in [4.78, 5) is 27.8. The highest BCUT2D eigenvalue weighted by atomic mass is 32.2. The van der Waals surface area contributed by atoms with Gasteiger partial charge in [0.25, 0.3) is 0 Å². The maximum atomic E-state index is 13.5. The smallest absolute Gasteiger partial charge is 0.243 e. The Kier molecular flexibility index (Phi) is 6.21. The summed E-state index contributed by atoms with van der Waals surface area (Å²) in [5, 5.41) is 2.96. The second-order valence-electron chi connectivity index (χ2n) is 10.3. The number of amides is 2. The van der Waals surface area contributed by atoms with Crippen LogP contribution in [0.1, 0.15) is 49.3 Å². The van der Waals surface area contributed by atoms with Gasteiger partial charge in [-0.3, -0.25) is 9.59 Å². The van der Waals surface area contributed by atoms with Crippen LogP contribution in [0.4, 0.5) is 11.4 Å². The fourth-order valence-electron chi connectivity index (χ4n) is 5.22. The lowest BCUT2D eigenvalue weighted by molar-refractivity contribution is -0.121. The summed E-state index contributed by atoms with van der Waals surface area (Å²) in [5.41, 5.74) is 4.71. The van der Waals surface area contributed by atoms with Crippen molar-refractivity contribution in [3.8, 4) is 0 Å². The fourth-order valence-corrected chi connectivity index (χ4v) is 6.79. The predicted molar refractivity (Wildman–Crippen MR) is 136 cm³/mol. The fraction of sp³-hybridized carbons (Fsp3) is 0.481. The molecule has 0 unspecified atom stereocenters. The van der Waals surface area contributed by atoms with E-state index in [9.17, 15) is 18.0 Å². The van der Waals surface area contributed by atoms with Gasteiger partial charge < -0.3 is 10.2 Å². The Hall–Kier alpha value is -2.71. The number of nitrogens with one attached hydrogen (secondary N) is 1. The molecule has 2 heterocycles. The lowest BCUT2D eigenvalue weighted by Crippen LogP contribution is -2.43. The molecule has 2 aliphatic heterocycles. The number of benzene rings is 2. The zero-order valence-corrected chi connectivity index (χ0v) is 21.4. The summed E-state index contributed by atoms with van der Waals surface area (Å²) >= 11 is 0. The molecule has 2 amide bonds. The highest BCUT2D eigenvalue weighted by Gasteiger charge is 2.40. The van der Waals surface area contributed by atoms with Crippen molar-refractivity contribution in [2.45, 2.75) is 63.8 Å². The van der Waals surface area contributed by atoms with Crippen molar-refractivity contribution in [3.63, 3.8) is 0 Å². The van der Waals surface area contributed by atoms with Gasteiger partial charge in [-0.25, -0.2) is 8.42 Å². The monoisotopic (exact) mass is 495 g/mol. The number of hydrogen-bond acceptors (Lipinski definition) is 4. The maximum Gasteiger partial charge on any atom is 0.243 e. The molecule has 35 heavy (non-hydrogen) atoms. The van der Waals surface area contributed by atoms with Crippen LogP contribution in [0.15, 0.2) is 41.3 Å². The lowest BCUT2D eigenvalue weighted by atomic mass is 9.98. The molecule has 8 heteroatoms. The molecule has 1 saturated carbocycles. The van der Waals surface area contributed by atoms with E-state index in [-0.39, 0.29) is 35.2 Å². The van der Waals surface area contributed by atoms with Gasteiger partial charge in [0.15, 0.2) is 0 Å². The molecular formula is C27H33N3O4S. The van der Waals surface area contributed by atoms with Crippen molar-refractivity contribution >= 4 is 33.2 Å². The van der Waals surface area contributed by atoms with E-state index in [1.807, 2.05) is 43.9 Å². The number of rotatable bonds is 5. The van der Waals surface area contributed by atoms with Gasteiger partial charge in [0.2, 0.25) is 21.8 Å². The minimum Gasteiger partial charge on any atom is -0.326 e. The Bertz CT molecular complexity index is 1290. The molecule has 2 atom stereocenters. The minimum atomic E-state index is -3.74. The van der Waals surface area contributed by atoms with Crippen LogP contribution >= 0.6 is 0 Å². The van der Waals surface area contributed by atoms with E-state index in [0.717, 1.165) is 40.9 Å². The Labute approximate surface area is 207 Å². The molecule has 5 rings (SSSR count). The van der Waals surface area contributed by atoms with Crippen LogP contribution in [0.3, 0.4) is 0 Å². The van der Waals surface area contributed by atoms with Crippen LogP contribution in [-0.4, -0.2) is 43.7 Å². The number of nitrogens with zero attached hydrogens (tertiary/aromatic N) is 2. The molecule has 0 bridgehead atoms. The van der Waals surface area contributed by atoms with Crippen molar-refractivity contribution in [2.24, 2.45) is 11.8 Å². The molecule has 2 fully saturated rings. The third-order valence-corrected chi connectivity index (χ3v) is 9.46. The van der Waals surface area contributed by atoms with Crippen LogP contribution in [0.2, 0.25) is 0 Å². The van der Waals surface area contributed by atoms with Gasteiger partial charge in [0.05, 0.1) is 10.8 Å². The maximum absolute atomic E-state index is 13.5. The van der Waals surface area contributed by atoms with Gasteiger partial charge >= 0.3 is 0 Å². The predicted octanol–water partition coefficient (Wildman–Crippen LogP) is 4.03. The van der Waals surface area contributed by atoms with Crippen LogP contribution < -0.4 is 10.2 Å². The number of sulfonamides is 1. The zero-order chi connectivity index (χ0) is 24.9. The topological polar surface area (TPSA) is 86.8 Å². The van der Waals surface area contributed by atoms with E-state index >= 15 is 0 Å². The largest absolute Gasteiger partial charge is 0.326 e. The number of hydrogen-bond donors (Lipinski definition) is 1. The third kappa shape index (κ3) is 4.61. The van der Waals surface area contributed by atoms with E-state index in [4.69, 9.17) is 0 Å². The molecule has 0 radical (unpaired) electrons. The summed E-state index contributed by atoms with van der Waals surface area (Å²) in [6, 6.07) is 10.9. The van der Waals surface area contributed by atoms with E-state index in [1.165, 1.54) is 4.31 Å². The number of carbonyl (C=O) groups excluding carboxylic acids is 2. The number of fused-ring (bicyclic) bond motifs is 1. The van der Waals surface area contributed by atoms with Gasteiger partial charge in [0, 0.05) is 36.4 Å². The third-order valence-electron chi connectivity index (χ3n) is 7.60. The van der Waals surface area contributed by atoms with Crippen LogP contribution in [0.5, 0.6) is 0 Å². The first-order valence-corrected chi connectivity index (χ1v) is 13.9. The van der Waals surface area contributed by atoms with Crippen molar-refractivity contribution in [1.82, 2.24) is 4.31 Å². The average Bonchev–Trinajstić information content (AvgIpc) is 3.63. The van der Waals surface area contributed by atoms with Crippen LogP contribution in [0, 0.1) is 25.7 Å². The van der Waals surface area contributed by atoms with Gasteiger partial charge in [-0.05, 0) is 99.9 Å². The van der Waals surface area contributed by atoms with Crippen molar-refractivity contribution in [1.29, 1.82) is 0 Å². The second kappa shape index (κ2) is 9.06. The Morgan fingerprint density at radius 1 is 0.971 bits per heavy atom. The molecule has 3 aliphatic rings. The summed E-state index contributed by atoms with van der Waals surface area (Å²) in [5.74, 6) is -0.279. The molecule has 2 aromatic carbocycles. The van der Waals surface area contributed by atoms with Crippen LogP contribution in [0.25, 0.3) is 0 Å². The number of piperidine rings is 1. The first-order chi connectivity index (χ1) is 16.6. The molecule has 2 aromatic rings. The molecule has 0 aromatic heterocycles. The van der Waals surface area contributed by atoms with Gasteiger partial charge in [-0.1, -0.05) is 6.07 Å². The van der Waals surface area contributed by atoms with E-state index in [0.29, 0.717) is 25.8 Å². The van der Waals surface area contributed by atoms with Crippen molar-refractivity contribution in [2.75, 3.05) is 23.3 Å². The summed E-state index contributed by atoms with van der Waals surface area (Å²) in [6.45, 7) is 6.59. The molecular weight excluding hydrogens is 462 g/mol. The molecule has 1 saturated heterocycles. The quantitative estimate of drug-likeness (QED) is 0.679. The molecule has 186 valence electrons. The molecule has 1 N–H and O–H groups in total. The van der Waals surface area contributed by atoms with E-state index in [2.05, 4.69) is 5.32 Å². The summed E-state index contributed by atoms with van der Waals surface area (Å²) in [6.07, 6.45) is 3.82. The standard InChI is InChI=1S/C27H33N3O4S/c1-17-6-9-23(13-18(17)2)28-26(31)21-5-4-12-29(16-21)35(33,34)24-10-11-25-22(15-24)14-19(3)30(25)27(32)20-7-8-20/h6,9-11,13,15,19-21H,4-5,7-8,12,14,16H2,1-3H3,(H,28,31)/t19-,21+/m0/s1. The average molecular weight is 496 g/mol. The SMILES string of the molecule is Cc1ccc(NC(=O)[C@@H]2CCCN(S(=O)(=O)c3ccc4c(c3)C[C@H](C)N4C(=O)C3CC3)C2)cc1C. The number of anilines is 2. The number of carbonyl (C=O) groups is 2. The van der Waals surface area contributed by atoms with Crippen LogP contribution in [-0.2, 0) is 26.0 Å². The summed E-state index contributed by atoms with van der Waals surface area (Å²) in [7, 11) is -3.74. The van der Waals surface area contributed by atoms with E-state index in [1.54, 1.807) is 18.2 Å². The highest BCUT2D eigenvalue weighted by molar-refractivity contribution is 7.89. The summed E-state index contributed by atoms with van der Waals surface area (Å²) < 4.78 is 28.5. The van der Waals surface area contributed by atoms with Gasteiger partial charge in [-0.2, -0.15) is 4.31 Å². The normalized spacial score (nSPS) is 22.7. The Balaban J connectivity index is 1.31. The first kappa shape index (κ1) is 24.0. The van der Waals surface area contributed by atoms with Crippen molar-refractivity contribution < 1.29 is 18.0 Å². The van der Waals surface area contributed by atoms with Gasteiger partial charge in [0.1, 0.15) is 0 Å². The minimum absolute atomic E-state index is 0.0320. The molecule has 1 aliphatic carbocycles. The Morgan fingerprint density at radius 3 is 2.46 bits per heavy atom. The first-order valence-electron chi connectivity index (χ1n) is 12.5. The molecule has 7 nitrogen and oxygen atoms in total. The van der Waals surface area contributed by atoms with Crippen molar-refractivity contribution in [3.05, 3.63) is 53.1 Å². The number of aryl methyl sites for hydroxylation is 2. The highest BCUT2D eigenvalue weighted by Crippen LogP contribution is 2.40. The van der Waals surface area contributed by atoms with Gasteiger partial charge in [-0.15, -0.1) is 0 Å². The molecule has 0 spiro atoms. The Morgan fingerprint density at radius 2 is 1.74 bits per heavy atom. The van der Waals surface area contributed by atoms with E-state index < -0.39 is 15.9 Å².